The van der Waals surface area contributed by atoms with Crippen LogP contribution in [0, 0.1) is 0 Å². The molecule has 1 unspecified atom stereocenters. The highest BCUT2D eigenvalue weighted by atomic mass is 32.2. The van der Waals surface area contributed by atoms with Crippen molar-refractivity contribution in [2.75, 3.05) is 19.4 Å². The topological polar surface area (TPSA) is 52.3 Å². The Labute approximate surface area is 99.4 Å². The number of ether oxygens (including phenoxy) is 1. The molecule has 4 heteroatoms. The molecule has 0 spiro atoms. The summed E-state index contributed by atoms with van der Waals surface area (Å²) in [6.07, 6.45) is 2.99. The molecular weight excluding hydrogens is 222 g/mol. The molecule has 0 amide bonds. The molecule has 0 saturated heterocycles. The van der Waals surface area contributed by atoms with Gasteiger partial charge in [-0.25, -0.2) is 0 Å². The van der Waals surface area contributed by atoms with E-state index in [4.69, 9.17) is 10.5 Å². The molecule has 2 N–H and O–H groups in total. The Morgan fingerprint density at radius 3 is 2.69 bits per heavy atom. The van der Waals surface area contributed by atoms with Gasteiger partial charge in [-0.15, -0.1) is 0 Å². The average Bonchev–Trinajstić information content (AvgIpc) is 2.34. The van der Waals surface area contributed by atoms with E-state index in [0.29, 0.717) is 18.0 Å². The zero-order chi connectivity index (χ0) is 11.8. The van der Waals surface area contributed by atoms with Crippen molar-refractivity contribution in [1.82, 2.24) is 0 Å². The lowest BCUT2D eigenvalue weighted by Gasteiger charge is -2.07. The third-order valence-electron chi connectivity index (χ3n) is 2.35. The van der Waals surface area contributed by atoms with Gasteiger partial charge in [-0.1, -0.05) is 18.6 Å². The minimum Gasteiger partial charge on any atom is -0.495 e. The third-order valence-corrected chi connectivity index (χ3v) is 3.84. The predicted octanol–water partition coefficient (Wildman–Crippen LogP) is 1.93. The van der Waals surface area contributed by atoms with E-state index in [1.54, 1.807) is 7.11 Å². The first kappa shape index (κ1) is 13.2. The van der Waals surface area contributed by atoms with Crippen LogP contribution in [0.15, 0.2) is 29.2 Å². The van der Waals surface area contributed by atoms with Gasteiger partial charge < -0.3 is 10.5 Å². The van der Waals surface area contributed by atoms with E-state index < -0.39 is 10.8 Å². The predicted molar refractivity (Wildman–Crippen MR) is 67.2 cm³/mol. The first-order valence-electron chi connectivity index (χ1n) is 5.51. The summed E-state index contributed by atoms with van der Waals surface area (Å²) in [6, 6.07) is 7.47. The third kappa shape index (κ3) is 3.94. The van der Waals surface area contributed by atoms with E-state index in [0.717, 1.165) is 24.2 Å². The largest absolute Gasteiger partial charge is 0.495 e. The van der Waals surface area contributed by atoms with Crippen LogP contribution in [0.2, 0.25) is 0 Å². The number of rotatable bonds is 7. The monoisotopic (exact) mass is 241 g/mol. The smallest absolute Gasteiger partial charge is 0.134 e. The average molecular weight is 241 g/mol. The molecule has 0 bridgehead atoms. The van der Waals surface area contributed by atoms with Gasteiger partial charge in [0, 0.05) is 5.75 Å². The standard InChI is InChI=1S/C12H19NO2S/c1-15-11-7-3-4-8-12(11)16(14)10-6-2-5-9-13/h3-4,7-8H,2,5-6,9-10,13H2,1H3. The first-order valence-corrected chi connectivity index (χ1v) is 6.83. The SMILES string of the molecule is COc1ccccc1S(=O)CCCCCN. The van der Waals surface area contributed by atoms with Crippen LogP contribution in [0.1, 0.15) is 19.3 Å². The molecule has 0 saturated carbocycles. The maximum Gasteiger partial charge on any atom is 0.134 e. The summed E-state index contributed by atoms with van der Waals surface area (Å²) < 4.78 is 17.2. The summed E-state index contributed by atoms with van der Waals surface area (Å²) >= 11 is 0. The lowest BCUT2D eigenvalue weighted by molar-refractivity contribution is 0.404. The quantitative estimate of drug-likeness (QED) is 0.742. The molecule has 0 aliphatic rings. The van der Waals surface area contributed by atoms with Crippen LogP contribution in [-0.4, -0.2) is 23.6 Å². The molecule has 16 heavy (non-hydrogen) atoms. The summed E-state index contributed by atoms with van der Waals surface area (Å²) in [4.78, 5) is 0.790. The maximum absolute atomic E-state index is 12.0. The normalized spacial score (nSPS) is 12.4. The van der Waals surface area contributed by atoms with Crippen LogP contribution in [0.3, 0.4) is 0 Å². The second kappa shape index (κ2) is 7.41. The van der Waals surface area contributed by atoms with Crippen LogP contribution < -0.4 is 10.5 Å². The highest BCUT2D eigenvalue weighted by molar-refractivity contribution is 7.85. The lowest BCUT2D eigenvalue weighted by atomic mass is 10.2. The van der Waals surface area contributed by atoms with Crippen molar-refractivity contribution in [1.29, 1.82) is 0 Å². The van der Waals surface area contributed by atoms with Gasteiger partial charge in [-0.2, -0.15) is 0 Å². The Bertz CT molecular complexity index is 342. The Morgan fingerprint density at radius 2 is 2.00 bits per heavy atom. The van der Waals surface area contributed by atoms with Crippen LogP contribution in [0.4, 0.5) is 0 Å². The second-order valence-corrected chi connectivity index (χ2v) is 5.09. The number of methoxy groups -OCH3 is 1. The fraction of sp³-hybridized carbons (Fsp3) is 0.500. The number of nitrogens with two attached hydrogens (primary N) is 1. The number of hydrogen-bond acceptors (Lipinski definition) is 3. The lowest BCUT2D eigenvalue weighted by Crippen LogP contribution is -2.03. The van der Waals surface area contributed by atoms with Gasteiger partial charge in [0.2, 0.25) is 0 Å². The molecule has 0 aliphatic heterocycles. The molecule has 0 aliphatic carbocycles. The van der Waals surface area contributed by atoms with Crippen LogP contribution in [-0.2, 0) is 10.8 Å². The number of para-hydroxylation sites is 1. The van der Waals surface area contributed by atoms with E-state index in [1.807, 2.05) is 24.3 Å². The van der Waals surface area contributed by atoms with Gasteiger partial charge in [-0.3, -0.25) is 4.21 Å². The summed E-state index contributed by atoms with van der Waals surface area (Å²) in [5.41, 5.74) is 5.41. The Morgan fingerprint density at radius 1 is 1.25 bits per heavy atom. The number of unbranched alkanes of at least 4 members (excludes halogenated alkanes) is 2. The molecule has 1 aromatic carbocycles. The van der Waals surface area contributed by atoms with E-state index in [2.05, 4.69) is 0 Å². The molecule has 0 aromatic heterocycles. The van der Waals surface area contributed by atoms with Gasteiger partial charge >= 0.3 is 0 Å². The summed E-state index contributed by atoms with van der Waals surface area (Å²) in [6.45, 7) is 0.710. The van der Waals surface area contributed by atoms with Crippen molar-refractivity contribution in [3.63, 3.8) is 0 Å². The maximum atomic E-state index is 12.0. The summed E-state index contributed by atoms with van der Waals surface area (Å²) in [5.74, 6) is 1.39. The van der Waals surface area contributed by atoms with Crippen LogP contribution in [0.5, 0.6) is 5.75 Å². The summed E-state index contributed by atoms with van der Waals surface area (Å²) in [7, 11) is 0.638. The fourth-order valence-electron chi connectivity index (χ4n) is 1.47. The van der Waals surface area contributed by atoms with Gasteiger partial charge in [0.25, 0.3) is 0 Å². The number of hydrogen-bond donors (Lipinski definition) is 1. The van der Waals surface area contributed by atoms with Gasteiger partial charge in [0.05, 0.1) is 22.8 Å². The molecule has 0 fully saturated rings. The Hall–Kier alpha value is -0.870. The van der Waals surface area contributed by atoms with Crippen molar-refractivity contribution >= 4 is 10.8 Å². The van der Waals surface area contributed by atoms with Crippen LogP contribution in [0.25, 0.3) is 0 Å². The molecule has 0 heterocycles. The molecule has 3 nitrogen and oxygen atoms in total. The highest BCUT2D eigenvalue weighted by Crippen LogP contribution is 2.21. The van der Waals surface area contributed by atoms with Gasteiger partial charge in [-0.05, 0) is 31.5 Å². The van der Waals surface area contributed by atoms with E-state index in [1.165, 1.54) is 0 Å². The zero-order valence-electron chi connectivity index (χ0n) is 9.65. The Balaban J connectivity index is 2.52. The van der Waals surface area contributed by atoms with E-state index >= 15 is 0 Å². The molecule has 90 valence electrons. The van der Waals surface area contributed by atoms with Crippen molar-refractivity contribution in [3.8, 4) is 5.75 Å². The zero-order valence-corrected chi connectivity index (χ0v) is 10.5. The van der Waals surface area contributed by atoms with Crippen molar-refractivity contribution in [3.05, 3.63) is 24.3 Å². The minimum absolute atomic E-state index is 0.681. The van der Waals surface area contributed by atoms with Gasteiger partial charge in [0.1, 0.15) is 5.75 Å². The van der Waals surface area contributed by atoms with Crippen molar-refractivity contribution in [2.24, 2.45) is 5.73 Å². The molecule has 1 aromatic rings. The number of benzene rings is 1. The van der Waals surface area contributed by atoms with E-state index in [-0.39, 0.29) is 0 Å². The van der Waals surface area contributed by atoms with Crippen molar-refractivity contribution in [2.45, 2.75) is 24.2 Å². The molecule has 1 rings (SSSR count). The fourth-order valence-corrected chi connectivity index (χ4v) is 2.76. The van der Waals surface area contributed by atoms with Crippen LogP contribution >= 0.6 is 0 Å². The van der Waals surface area contributed by atoms with Gasteiger partial charge in [0.15, 0.2) is 0 Å². The molecular formula is C12H19NO2S. The second-order valence-electron chi connectivity index (χ2n) is 3.55. The highest BCUT2D eigenvalue weighted by Gasteiger charge is 2.08. The van der Waals surface area contributed by atoms with Crippen molar-refractivity contribution < 1.29 is 8.95 Å². The Kier molecular flexibility index (Phi) is 6.11. The first-order chi connectivity index (χ1) is 7.79. The molecule has 1 atom stereocenters. The van der Waals surface area contributed by atoms with E-state index in [9.17, 15) is 4.21 Å². The summed E-state index contributed by atoms with van der Waals surface area (Å²) in [5, 5.41) is 0. The minimum atomic E-state index is -0.964. The molecule has 0 radical (unpaired) electrons.